The number of hydrogen-bond donors (Lipinski definition) is 1. The fourth-order valence-electron chi connectivity index (χ4n) is 2.00. The van der Waals surface area contributed by atoms with Crippen LogP contribution in [0.4, 0.5) is 4.39 Å². The summed E-state index contributed by atoms with van der Waals surface area (Å²) in [6.07, 6.45) is 1.81. The third kappa shape index (κ3) is 3.46. The van der Waals surface area contributed by atoms with Gasteiger partial charge in [-0.3, -0.25) is 4.68 Å². The van der Waals surface area contributed by atoms with Gasteiger partial charge in [0.05, 0.1) is 18.9 Å². The van der Waals surface area contributed by atoms with Crippen LogP contribution in [0.25, 0.3) is 0 Å². The zero-order valence-corrected chi connectivity index (χ0v) is 12.3. The summed E-state index contributed by atoms with van der Waals surface area (Å²) in [4.78, 5) is 11.3. The Morgan fingerprint density at radius 2 is 2.19 bits per heavy atom. The van der Waals surface area contributed by atoms with Crippen molar-refractivity contribution in [2.45, 2.75) is 20.0 Å². The van der Waals surface area contributed by atoms with E-state index in [-0.39, 0.29) is 5.56 Å². The van der Waals surface area contributed by atoms with Crippen molar-refractivity contribution in [3.8, 4) is 0 Å². The molecule has 112 valence electrons. The molecule has 0 aliphatic heterocycles. The Bertz CT molecular complexity index is 652. The van der Waals surface area contributed by atoms with Crippen molar-refractivity contribution in [1.29, 1.82) is 0 Å². The fraction of sp³-hybridized carbons (Fsp3) is 0.333. The number of nitrogens with zero attached hydrogens (tertiary/aromatic N) is 2. The van der Waals surface area contributed by atoms with Gasteiger partial charge in [-0.25, -0.2) is 9.18 Å². The van der Waals surface area contributed by atoms with E-state index in [1.807, 2.05) is 24.9 Å². The van der Waals surface area contributed by atoms with Crippen LogP contribution < -0.4 is 5.32 Å². The Morgan fingerprint density at radius 1 is 1.43 bits per heavy atom. The zero-order chi connectivity index (χ0) is 15.4. The quantitative estimate of drug-likeness (QED) is 0.855. The summed E-state index contributed by atoms with van der Waals surface area (Å²) < 4.78 is 20.1. The van der Waals surface area contributed by atoms with E-state index in [2.05, 4.69) is 15.2 Å². The van der Waals surface area contributed by atoms with Crippen LogP contribution in [-0.4, -0.2) is 22.9 Å². The number of ether oxygens (including phenoxy) is 1. The highest BCUT2D eigenvalue weighted by atomic mass is 19.1. The predicted molar refractivity (Wildman–Crippen MR) is 76.2 cm³/mol. The normalized spacial score (nSPS) is 10.7. The van der Waals surface area contributed by atoms with Crippen molar-refractivity contribution in [1.82, 2.24) is 15.1 Å². The lowest BCUT2D eigenvalue weighted by molar-refractivity contribution is 0.0595. The van der Waals surface area contributed by atoms with Crippen LogP contribution in [0.3, 0.4) is 0 Å². The number of aryl methyl sites for hydroxylation is 1. The topological polar surface area (TPSA) is 56.1 Å². The molecule has 2 rings (SSSR count). The predicted octanol–water partition coefficient (Wildman–Crippen LogP) is 1.94. The van der Waals surface area contributed by atoms with Gasteiger partial charge in [0.1, 0.15) is 5.82 Å². The van der Waals surface area contributed by atoms with E-state index >= 15 is 0 Å². The molecule has 0 radical (unpaired) electrons. The molecule has 1 heterocycles. The number of carbonyl (C=O) groups excluding carboxylic acids is 1. The van der Waals surface area contributed by atoms with Crippen molar-refractivity contribution >= 4 is 5.97 Å². The van der Waals surface area contributed by atoms with Crippen molar-refractivity contribution < 1.29 is 13.9 Å². The molecule has 2 aromatic rings. The Hall–Kier alpha value is -2.21. The number of aromatic nitrogens is 2. The van der Waals surface area contributed by atoms with E-state index in [1.165, 1.54) is 19.2 Å². The number of carbonyl (C=O) groups is 1. The lowest BCUT2D eigenvalue weighted by Crippen LogP contribution is -2.14. The first kappa shape index (κ1) is 15.2. The van der Waals surface area contributed by atoms with Crippen LogP contribution >= 0.6 is 0 Å². The molecule has 1 aromatic carbocycles. The molecule has 21 heavy (non-hydrogen) atoms. The van der Waals surface area contributed by atoms with Crippen LogP contribution in [0.5, 0.6) is 0 Å². The molecular weight excluding hydrogens is 273 g/mol. The Labute approximate surface area is 122 Å². The van der Waals surface area contributed by atoms with Crippen molar-refractivity contribution in [2.75, 3.05) is 7.11 Å². The number of nitrogens with one attached hydrogen (secondary N) is 1. The molecule has 0 saturated carbocycles. The van der Waals surface area contributed by atoms with Gasteiger partial charge in [-0.15, -0.1) is 0 Å². The standard InChI is InChI=1S/C15H18FN3O2/c1-10-12(9-18-19(10)2)8-17-7-11-4-5-13(14(16)6-11)15(20)21-3/h4-6,9,17H,7-8H2,1-3H3. The summed E-state index contributed by atoms with van der Waals surface area (Å²) in [5.41, 5.74) is 2.91. The molecule has 0 spiro atoms. The summed E-state index contributed by atoms with van der Waals surface area (Å²) in [7, 11) is 3.12. The van der Waals surface area contributed by atoms with Gasteiger partial charge >= 0.3 is 5.97 Å². The molecule has 0 atom stereocenters. The number of esters is 1. The van der Waals surface area contributed by atoms with E-state index < -0.39 is 11.8 Å². The maximum absolute atomic E-state index is 13.8. The van der Waals surface area contributed by atoms with Gasteiger partial charge in [-0.05, 0) is 24.6 Å². The third-order valence-corrected chi connectivity index (χ3v) is 3.42. The molecule has 1 aromatic heterocycles. The van der Waals surface area contributed by atoms with Gasteiger partial charge in [0, 0.05) is 31.4 Å². The second-order valence-electron chi connectivity index (χ2n) is 4.79. The van der Waals surface area contributed by atoms with Gasteiger partial charge < -0.3 is 10.1 Å². The average Bonchev–Trinajstić information content (AvgIpc) is 2.79. The van der Waals surface area contributed by atoms with E-state index in [0.717, 1.165) is 16.8 Å². The van der Waals surface area contributed by atoms with Crippen LogP contribution in [0.2, 0.25) is 0 Å². The first-order chi connectivity index (χ1) is 10.0. The molecule has 0 fully saturated rings. The minimum Gasteiger partial charge on any atom is -0.465 e. The van der Waals surface area contributed by atoms with E-state index in [9.17, 15) is 9.18 Å². The molecule has 0 aliphatic carbocycles. The zero-order valence-electron chi connectivity index (χ0n) is 12.3. The average molecular weight is 291 g/mol. The molecule has 0 bridgehead atoms. The summed E-state index contributed by atoms with van der Waals surface area (Å²) >= 11 is 0. The second-order valence-corrected chi connectivity index (χ2v) is 4.79. The minimum absolute atomic E-state index is 0.0515. The summed E-state index contributed by atoms with van der Waals surface area (Å²) in [5.74, 6) is -1.24. The Kier molecular flexibility index (Phi) is 4.70. The third-order valence-electron chi connectivity index (χ3n) is 3.42. The largest absolute Gasteiger partial charge is 0.465 e. The molecule has 0 unspecified atom stereocenters. The first-order valence-electron chi connectivity index (χ1n) is 6.58. The van der Waals surface area contributed by atoms with Crippen LogP contribution in [-0.2, 0) is 24.9 Å². The minimum atomic E-state index is -0.669. The van der Waals surface area contributed by atoms with Gasteiger partial charge in [-0.1, -0.05) is 6.07 Å². The molecule has 0 amide bonds. The Balaban J connectivity index is 1.96. The molecular formula is C15H18FN3O2. The lowest BCUT2D eigenvalue weighted by Gasteiger charge is -2.07. The van der Waals surface area contributed by atoms with Crippen molar-refractivity contribution in [3.05, 3.63) is 52.6 Å². The van der Waals surface area contributed by atoms with Crippen LogP contribution in [0.1, 0.15) is 27.2 Å². The van der Waals surface area contributed by atoms with Crippen molar-refractivity contribution in [3.63, 3.8) is 0 Å². The highest BCUT2D eigenvalue weighted by Gasteiger charge is 2.12. The summed E-state index contributed by atoms with van der Waals surface area (Å²) in [5, 5.41) is 7.39. The fourth-order valence-corrected chi connectivity index (χ4v) is 2.00. The maximum atomic E-state index is 13.8. The second kappa shape index (κ2) is 6.49. The number of hydrogen-bond acceptors (Lipinski definition) is 4. The highest BCUT2D eigenvalue weighted by molar-refractivity contribution is 5.89. The first-order valence-corrected chi connectivity index (χ1v) is 6.58. The van der Waals surface area contributed by atoms with E-state index in [0.29, 0.717) is 13.1 Å². The van der Waals surface area contributed by atoms with Gasteiger partial charge in [0.15, 0.2) is 0 Å². The molecule has 1 N–H and O–H groups in total. The number of benzene rings is 1. The summed E-state index contributed by atoms with van der Waals surface area (Å²) in [6.45, 7) is 3.15. The molecule has 5 nitrogen and oxygen atoms in total. The number of methoxy groups -OCH3 is 1. The maximum Gasteiger partial charge on any atom is 0.340 e. The van der Waals surface area contributed by atoms with Crippen LogP contribution in [0.15, 0.2) is 24.4 Å². The molecule has 0 aliphatic rings. The SMILES string of the molecule is COC(=O)c1ccc(CNCc2cnn(C)c2C)cc1F. The summed E-state index contributed by atoms with van der Waals surface area (Å²) in [6, 6.07) is 4.49. The van der Waals surface area contributed by atoms with E-state index in [1.54, 1.807) is 6.07 Å². The van der Waals surface area contributed by atoms with Crippen LogP contribution in [0, 0.1) is 12.7 Å². The molecule has 0 saturated heterocycles. The van der Waals surface area contributed by atoms with Gasteiger partial charge in [0.2, 0.25) is 0 Å². The highest BCUT2D eigenvalue weighted by Crippen LogP contribution is 2.12. The van der Waals surface area contributed by atoms with Crippen molar-refractivity contribution in [2.24, 2.45) is 7.05 Å². The monoisotopic (exact) mass is 291 g/mol. The van der Waals surface area contributed by atoms with Gasteiger partial charge in [0.25, 0.3) is 0 Å². The van der Waals surface area contributed by atoms with Gasteiger partial charge in [-0.2, -0.15) is 5.10 Å². The number of rotatable bonds is 5. The smallest absolute Gasteiger partial charge is 0.340 e. The lowest BCUT2D eigenvalue weighted by atomic mass is 10.1. The Morgan fingerprint density at radius 3 is 2.76 bits per heavy atom. The molecule has 6 heteroatoms. The number of halogens is 1. The van der Waals surface area contributed by atoms with E-state index in [4.69, 9.17) is 0 Å².